The van der Waals surface area contributed by atoms with E-state index in [-0.39, 0.29) is 0 Å². The van der Waals surface area contributed by atoms with Gasteiger partial charge in [-0.1, -0.05) is 0 Å². The molecule has 162 valence electrons. The molecule has 3 aromatic rings. The lowest BCUT2D eigenvalue weighted by Crippen LogP contribution is -2.38. The second kappa shape index (κ2) is 10.3. The molecule has 0 aliphatic carbocycles. The summed E-state index contributed by atoms with van der Waals surface area (Å²) < 4.78 is 11.3. The number of thiophene rings is 1. The molecule has 0 amide bonds. The van der Waals surface area contributed by atoms with E-state index in [1.165, 1.54) is 11.3 Å². The summed E-state index contributed by atoms with van der Waals surface area (Å²) in [4.78, 5) is 1.64. The molecule has 0 bridgehead atoms. The minimum absolute atomic E-state index is 0.316. The molecule has 4 N–H and O–H groups in total. The highest BCUT2D eigenvalue weighted by Crippen LogP contribution is 2.32. The molecular weight excluding hydrogens is 412 g/mol. The van der Waals surface area contributed by atoms with Crippen LogP contribution in [0.3, 0.4) is 0 Å². The predicted octanol–water partition coefficient (Wildman–Crippen LogP) is 3.94. The van der Waals surface area contributed by atoms with Crippen molar-refractivity contribution in [3.8, 4) is 22.4 Å². The van der Waals surface area contributed by atoms with Gasteiger partial charge in [-0.05, 0) is 37.1 Å². The minimum atomic E-state index is 0.316. The number of morpholine rings is 1. The van der Waals surface area contributed by atoms with Gasteiger partial charge in [0.25, 0.3) is 0 Å². The molecule has 4 rings (SSSR count). The molecule has 1 aromatic carbocycles. The van der Waals surface area contributed by atoms with E-state index in [0.717, 1.165) is 66.8 Å². The number of nitrogens with zero attached hydrogens (tertiary/aromatic N) is 2. The van der Waals surface area contributed by atoms with Crippen LogP contribution in [0.4, 0.5) is 17.2 Å². The van der Waals surface area contributed by atoms with Gasteiger partial charge in [-0.25, -0.2) is 0 Å². The highest BCUT2D eigenvalue weighted by molar-refractivity contribution is 7.15. The standard InChI is InChI=1S/C22H26N6O2S/c1-29-20-11-15(25-8-2-3-16-14-24-9-10-30-16)4-6-18(20)26-22-12-19(27-28-22)21-7-5-17(13-23)31-21/h4-7,11-12,16,24-25H,2-3,8-10,14H2,1H3,(H2,26,27,28). The number of nitriles is 1. The Morgan fingerprint density at radius 2 is 2.26 bits per heavy atom. The van der Waals surface area contributed by atoms with Gasteiger partial charge < -0.3 is 25.4 Å². The average Bonchev–Trinajstić information content (AvgIpc) is 3.47. The summed E-state index contributed by atoms with van der Waals surface area (Å²) in [6.07, 6.45) is 2.40. The van der Waals surface area contributed by atoms with Crippen LogP contribution in [0.1, 0.15) is 17.7 Å². The molecule has 1 saturated heterocycles. The molecule has 1 unspecified atom stereocenters. The first-order chi connectivity index (χ1) is 15.2. The summed E-state index contributed by atoms with van der Waals surface area (Å²) in [5, 5.41) is 26.4. The summed E-state index contributed by atoms with van der Waals surface area (Å²) in [5.74, 6) is 1.42. The highest BCUT2D eigenvalue weighted by Gasteiger charge is 2.13. The van der Waals surface area contributed by atoms with Gasteiger partial charge in [0.15, 0.2) is 5.82 Å². The SMILES string of the molecule is COc1cc(NCCCC2CNCCO2)ccc1Nc1cc(-c2ccc(C#N)s2)[nH]n1. The number of H-pyrrole nitrogens is 1. The number of ether oxygens (including phenoxy) is 2. The number of nitrogens with one attached hydrogen (secondary N) is 4. The van der Waals surface area contributed by atoms with Crippen molar-refractivity contribution in [1.29, 1.82) is 5.26 Å². The van der Waals surface area contributed by atoms with Crippen LogP contribution in [-0.2, 0) is 4.74 Å². The summed E-state index contributed by atoms with van der Waals surface area (Å²) in [5.41, 5.74) is 2.70. The van der Waals surface area contributed by atoms with Crippen LogP contribution >= 0.6 is 11.3 Å². The normalized spacial score (nSPS) is 15.9. The number of methoxy groups -OCH3 is 1. The van der Waals surface area contributed by atoms with Crippen LogP contribution in [-0.4, -0.2) is 49.7 Å². The van der Waals surface area contributed by atoms with E-state index in [1.807, 2.05) is 36.4 Å². The fourth-order valence-corrected chi connectivity index (χ4v) is 4.23. The Balaban J connectivity index is 1.33. The Labute approximate surface area is 185 Å². The largest absolute Gasteiger partial charge is 0.494 e. The van der Waals surface area contributed by atoms with Crippen LogP contribution in [0, 0.1) is 11.3 Å². The van der Waals surface area contributed by atoms with Crippen molar-refractivity contribution < 1.29 is 9.47 Å². The second-order valence-corrected chi connectivity index (χ2v) is 8.33. The Kier molecular flexibility index (Phi) is 7.04. The van der Waals surface area contributed by atoms with Crippen molar-refractivity contribution in [2.24, 2.45) is 0 Å². The summed E-state index contributed by atoms with van der Waals surface area (Å²) in [6, 6.07) is 13.8. The van der Waals surface area contributed by atoms with Gasteiger partial charge in [-0.3, -0.25) is 5.10 Å². The van der Waals surface area contributed by atoms with Gasteiger partial charge in [0.2, 0.25) is 0 Å². The first-order valence-electron chi connectivity index (χ1n) is 10.3. The molecule has 1 aliphatic rings. The van der Waals surface area contributed by atoms with Gasteiger partial charge in [-0.2, -0.15) is 10.4 Å². The van der Waals surface area contributed by atoms with E-state index >= 15 is 0 Å². The van der Waals surface area contributed by atoms with E-state index in [2.05, 4.69) is 32.2 Å². The second-order valence-electron chi connectivity index (χ2n) is 7.25. The van der Waals surface area contributed by atoms with Crippen LogP contribution in [0.15, 0.2) is 36.4 Å². The zero-order valence-corrected chi connectivity index (χ0v) is 18.2. The van der Waals surface area contributed by atoms with Crippen molar-refractivity contribution in [1.82, 2.24) is 15.5 Å². The van der Waals surface area contributed by atoms with Crippen LogP contribution in [0.25, 0.3) is 10.6 Å². The third-order valence-corrected chi connectivity index (χ3v) is 6.08. The van der Waals surface area contributed by atoms with E-state index in [1.54, 1.807) is 7.11 Å². The van der Waals surface area contributed by atoms with Crippen LogP contribution < -0.4 is 20.7 Å². The van der Waals surface area contributed by atoms with Crippen molar-refractivity contribution in [3.63, 3.8) is 0 Å². The molecule has 31 heavy (non-hydrogen) atoms. The number of benzene rings is 1. The molecule has 3 heterocycles. The fourth-order valence-electron chi connectivity index (χ4n) is 3.46. The first kappa shape index (κ1) is 21.2. The van der Waals surface area contributed by atoms with E-state index in [9.17, 15) is 0 Å². The average molecular weight is 439 g/mol. The zero-order valence-electron chi connectivity index (χ0n) is 17.4. The van der Waals surface area contributed by atoms with Crippen molar-refractivity contribution in [3.05, 3.63) is 41.3 Å². The van der Waals surface area contributed by atoms with E-state index in [0.29, 0.717) is 16.8 Å². The fraction of sp³-hybridized carbons (Fsp3) is 0.364. The third-order valence-electron chi connectivity index (χ3n) is 5.06. The lowest BCUT2D eigenvalue weighted by molar-refractivity contribution is 0.0230. The molecular formula is C22H26N6O2S. The molecule has 0 radical (unpaired) electrons. The maximum absolute atomic E-state index is 9.00. The Morgan fingerprint density at radius 1 is 1.32 bits per heavy atom. The van der Waals surface area contributed by atoms with Gasteiger partial charge in [0.1, 0.15) is 16.7 Å². The number of hydrogen-bond donors (Lipinski definition) is 4. The Hall–Kier alpha value is -3.06. The number of aromatic amines is 1. The summed E-state index contributed by atoms with van der Waals surface area (Å²) in [6.45, 7) is 3.57. The topological polar surface area (TPSA) is 107 Å². The molecule has 1 aliphatic heterocycles. The molecule has 2 aromatic heterocycles. The molecule has 0 saturated carbocycles. The number of aromatic nitrogens is 2. The highest BCUT2D eigenvalue weighted by atomic mass is 32.1. The molecule has 0 spiro atoms. The number of anilines is 3. The van der Waals surface area contributed by atoms with Crippen molar-refractivity contribution in [2.75, 3.05) is 44.0 Å². The smallest absolute Gasteiger partial charge is 0.152 e. The molecule has 1 fully saturated rings. The van der Waals surface area contributed by atoms with Gasteiger partial charge in [-0.15, -0.1) is 11.3 Å². The Morgan fingerprint density at radius 3 is 3.03 bits per heavy atom. The molecule has 1 atom stereocenters. The monoisotopic (exact) mass is 438 g/mol. The zero-order chi connectivity index (χ0) is 21.5. The maximum Gasteiger partial charge on any atom is 0.152 e. The third kappa shape index (κ3) is 5.55. The quantitative estimate of drug-likeness (QED) is 0.375. The van der Waals surface area contributed by atoms with E-state index < -0.39 is 0 Å². The first-order valence-corrected chi connectivity index (χ1v) is 11.1. The van der Waals surface area contributed by atoms with Crippen molar-refractivity contribution in [2.45, 2.75) is 18.9 Å². The van der Waals surface area contributed by atoms with Crippen LogP contribution in [0.2, 0.25) is 0 Å². The minimum Gasteiger partial charge on any atom is -0.494 e. The predicted molar refractivity (Wildman–Crippen MR) is 123 cm³/mol. The van der Waals surface area contributed by atoms with Gasteiger partial charge in [0.05, 0.1) is 36.1 Å². The molecule has 8 nitrogen and oxygen atoms in total. The molecule has 9 heteroatoms. The van der Waals surface area contributed by atoms with Crippen molar-refractivity contribution >= 4 is 28.5 Å². The lowest BCUT2D eigenvalue weighted by Gasteiger charge is -2.23. The lowest BCUT2D eigenvalue weighted by atomic mass is 10.1. The maximum atomic E-state index is 9.00. The van der Waals surface area contributed by atoms with Crippen LogP contribution in [0.5, 0.6) is 5.75 Å². The number of rotatable bonds is 9. The summed E-state index contributed by atoms with van der Waals surface area (Å²) >= 11 is 1.43. The Bertz CT molecular complexity index is 1030. The van der Waals surface area contributed by atoms with Gasteiger partial charge in [0, 0.05) is 37.5 Å². The van der Waals surface area contributed by atoms with E-state index in [4.69, 9.17) is 14.7 Å². The van der Waals surface area contributed by atoms with Gasteiger partial charge >= 0.3 is 0 Å². The summed E-state index contributed by atoms with van der Waals surface area (Å²) in [7, 11) is 1.66. The number of hydrogen-bond acceptors (Lipinski definition) is 8.